The van der Waals surface area contributed by atoms with Gasteiger partial charge in [-0.2, -0.15) is 8.78 Å². The lowest BCUT2D eigenvalue weighted by Gasteiger charge is -2.21. The van der Waals surface area contributed by atoms with Crippen molar-refractivity contribution in [3.8, 4) is 5.75 Å². The van der Waals surface area contributed by atoms with Crippen molar-refractivity contribution in [1.82, 2.24) is 0 Å². The van der Waals surface area contributed by atoms with Gasteiger partial charge in [-0.1, -0.05) is 24.3 Å². The van der Waals surface area contributed by atoms with Crippen molar-refractivity contribution in [3.63, 3.8) is 0 Å². The molecule has 2 aliphatic rings. The summed E-state index contributed by atoms with van der Waals surface area (Å²) in [6.07, 6.45) is 2.40. The van der Waals surface area contributed by atoms with E-state index in [1.807, 2.05) is 0 Å². The molecule has 2 N–H and O–H groups in total. The summed E-state index contributed by atoms with van der Waals surface area (Å²) in [6, 6.07) is 8.38. The second kappa shape index (κ2) is 11.4. The van der Waals surface area contributed by atoms with E-state index in [1.165, 1.54) is 6.08 Å². The highest BCUT2D eigenvalue weighted by molar-refractivity contribution is 5.69. The number of hydrogen-bond acceptors (Lipinski definition) is 6. The lowest BCUT2D eigenvalue weighted by atomic mass is 9.88. The molecule has 2 fully saturated rings. The third-order valence-corrected chi connectivity index (χ3v) is 6.08. The predicted molar refractivity (Wildman–Crippen MR) is 118 cm³/mol. The molecular weight excluding hydrogens is 434 g/mol. The summed E-state index contributed by atoms with van der Waals surface area (Å²) in [6.45, 7) is 2.79. The summed E-state index contributed by atoms with van der Waals surface area (Å²) in [5, 5.41) is 20.7. The first kappa shape index (κ1) is 25.6. The maximum Gasteiger partial charge on any atom is 0.306 e. The number of benzene rings is 1. The van der Waals surface area contributed by atoms with Crippen LogP contribution in [0.2, 0.25) is 0 Å². The van der Waals surface area contributed by atoms with Crippen molar-refractivity contribution in [2.45, 2.75) is 82.4 Å². The highest BCUT2D eigenvalue weighted by Crippen LogP contribution is 2.42. The van der Waals surface area contributed by atoms with Crippen LogP contribution in [-0.4, -0.2) is 59.2 Å². The van der Waals surface area contributed by atoms with Gasteiger partial charge in [0.25, 0.3) is 5.92 Å². The molecule has 0 bridgehead atoms. The van der Waals surface area contributed by atoms with Crippen molar-refractivity contribution in [2.24, 2.45) is 11.8 Å². The fourth-order valence-electron chi connectivity index (χ4n) is 4.38. The van der Waals surface area contributed by atoms with Crippen LogP contribution in [0.5, 0.6) is 5.75 Å². The topological polar surface area (TPSA) is 88.5 Å². The minimum atomic E-state index is -3.21. The van der Waals surface area contributed by atoms with Gasteiger partial charge in [-0.15, -0.1) is 0 Å². The minimum absolute atomic E-state index is 0.0212. The number of esters is 1. The number of hydrogen-bond donors (Lipinski definition) is 2. The molecule has 6 atom stereocenters. The van der Waals surface area contributed by atoms with Gasteiger partial charge in [-0.3, -0.25) is 4.79 Å². The van der Waals surface area contributed by atoms with Crippen LogP contribution in [0.25, 0.3) is 0 Å². The lowest BCUT2D eigenvalue weighted by Crippen LogP contribution is -2.26. The van der Waals surface area contributed by atoms with E-state index in [4.69, 9.17) is 14.2 Å². The first-order chi connectivity index (χ1) is 15.6. The number of para-hydroxylation sites is 1. The summed E-state index contributed by atoms with van der Waals surface area (Å²) >= 11 is 0. The smallest absolute Gasteiger partial charge is 0.306 e. The van der Waals surface area contributed by atoms with Gasteiger partial charge >= 0.3 is 5.97 Å². The quantitative estimate of drug-likeness (QED) is 0.275. The maximum atomic E-state index is 14.3. The van der Waals surface area contributed by atoms with Gasteiger partial charge in [-0.05, 0) is 57.2 Å². The van der Waals surface area contributed by atoms with Crippen LogP contribution in [0, 0.1) is 11.8 Å². The van der Waals surface area contributed by atoms with Crippen molar-refractivity contribution in [2.75, 3.05) is 6.61 Å². The number of ether oxygens (including phenoxy) is 3. The zero-order chi connectivity index (χ0) is 24.0. The van der Waals surface area contributed by atoms with Gasteiger partial charge in [0.1, 0.15) is 5.75 Å². The van der Waals surface area contributed by atoms with E-state index in [0.29, 0.717) is 31.4 Å². The second-order valence-corrected chi connectivity index (χ2v) is 9.21. The van der Waals surface area contributed by atoms with Crippen LogP contribution < -0.4 is 4.74 Å². The molecule has 0 radical (unpaired) electrons. The molecule has 6 nitrogen and oxygen atoms in total. The second-order valence-electron chi connectivity index (χ2n) is 9.21. The van der Waals surface area contributed by atoms with Gasteiger partial charge in [0, 0.05) is 18.8 Å². The molecule has 1 aliphatic carbocycles. The highest BCUT2D eigenvalue weighted by atomic mass is 19.3. The molecule has 1 saturated carbocycles. The molecular formula is C25H34F2O6. The Kier molecular flexibility index (Phi) is 8.84. The van der Waals surface area contributed by atoms with Crippen LogP contribution in [-0.2, 0) is 14.3 Å². The Labute approximate surface area is 193 Å². The van der Waals surface area contributed by atoms with Crippen LogP contribution in [0.3, 0.4) is 0 Å². The van der Waals surface area contributed by atoms with E-state index in [1.54, 1.807) is 44.2 Å². The van der Waals surface area contributed by atoms with Crippen LogP contribution >= 0.6 is 0 Å². The van der Waals surface area contributed by atoms with Gasteiger partial charge in [-0.25, -0.2) is 0 Å². The van der Waals surface area contributed by atoms with E-state index < -0.39 is 30.7 Å². The molecule has 33 heavy (non-hydrogen) atoms. The molecule has 0 amide bonds. The van der Waals surface area contributed by atoms with E-state index in [-0.39, 0.29) is 36.6 Å². The standard InChI is InChI=1S/C25H34F2O6/c1-16(2)32-24(30)10-6-9-22-23(33-22)13-19-18(20(28)14-21(19)29)11-12-25(26,27)15-31-17-7-4-3-5-8-17/h3-5,7-8,11-12,16,18-23,28-29H,6,9-10,13-15H2,1-2H3/b12-11+/t18-,19-,20-,21+,22?,23?/m1/s1. The monoisotopic (exact) mass is 468 g/mol. The molecule has 1 saturated heterocycles. The van der Waals surface area contributed by atoms with Crippen LogP contribution in [0.4, 0.5) is 8.78 Å². The Morgan fingerprint density at radius 3 is 2.64 bits per heavy atom. The number of alkyl halides is 2. The average Bonchev–Trinajstić information content (AvgIpc) is 3.43. The largest absolute Gasteiger partial charge is 0.487 e. The Morgan fingerprint density at radius 2 is 1.94 bits per heavy atom. The fraction of sp³-hybridized carbons (Fsp3) is 0.640. The van der Waals surface area contributed by atoms with E-state index in [0.717, 1.165) is 6.08 Å². The number of aliphatic hydroxyl groups excluding tert-OH is 2. The molecule has 184 valence electrons. The van der Waals surface area contributed by atoms with Crippen LogP contribution in [0.15, 0.2) is 42.5 Å². The average molecular weight is 469 g/mol. The Balaban J connectivity index is 1.47. The maximum absolute atomic E-state index is 14.3. The first-order valence-electron chi connectivity index (χ1n) is 11.6. The summed E-state index contributed by atoms with van der Waals surface area (Å²) in [4.78, 5) is 11.6. The highest BCUT2D eigenvalue weighted by Gasteiger charge is 2.47. The zero-order valence-electron chi connectivity index (χ0n) is 19.1. The number of carbonyl (C=O) groups is 1. The molecule has 8 heteroatoms. The molecule has 3 rings (SSSR count). The SMILES string of the molecule is CC(C)OC(=O)CCCC1OC1C[C@@H]1[C@@H](/C=C/C(F)(F)COc2ccccc2)[C@H](O)C[C@@H]1O. The van der Waals surface area contributed by atoms with Crippen molar-refractivity contribution < 1.29 is 38.0 Å². The Morgan fingerprint density at radius 1 is 1.21 bits per heavy atom. The summed E-state index contributed by atoms with van der Waals surface area (Å²) in [5.74, 6) is -4.05. The van der Waals surface area contributed by atoms with E-state index >= 15 is 0 Å². The lowest BCUT2D eigenvalue weighted by molar-refractivity contribution is -0.147. The molecule has 1 aliphatic heterocycles. The molecule has 1 aromatic rings. The number of halogens is 2. The predicted octanol–water partition coefficient (Wildman–Crippen LogP) is 3.89. The molecule has 1 heterocycles. The van der Waals surface area contributed by atoms with Gasteiger partial charge in [0.05, 0.1) is 30.5 Å². The molecule has 2 unspecified atom stereocenters. The molecule has 0 aromatic heterocycles. The molecule has 1 aromatic carbocycles. The number of carbonyl (C=O) groups excluding carboxylic acids is 1. The summed E-state index contributed by atoms with van der Waals surface area (Å²) < 4.78 is 44.6. The van der Waals surface area contributed by atoms with E-state index in [2.05, 4.69) is 0 Å². The third kappa shape index (κ3) is 8.05. The van der Waals surface area contributed by atoms with Crippen molar-refractivity contribution in [3.05, 3.63) is 42.5 Å². The van der Waals surface area contributed by atoms with Gasteiger partial charge < -0.3 is 24.4 Å². The normalized spacial score (nSPS) is 29.5. The zero-order valence-corrected chi connectivity index (χ0v) is 19.1. The van der Waals surface area contributed by atoms with Crippen molar-refractivity contribution >= 4 is 5.97 Å². The van der Waals surface area contributed by atoms with Crippen LogP contribution in [0.1, 0.15) is 46.0 Å². The minimum Gasteiger partial charge on any atom is -0.487 e. The van der Waals surface area contributed by atoms with E-state index in [9.17, 15) is 23.8 Å². The fourth-order valence-corrected chi connectivity index (χ4v) is 4.38. The number of rotatable bonds is 12. The van der Waals surface area contributed by atoms with Crippen molar-refractivity contribution in [1.29, 1.82) is 0 Å². The summed E-state index contributed by atoms with van der Waals surface area (Å²) in [7, 11) is 0. The summed E-state index contributed by atoms with van der Waals surface area (Å²) in [5.41, 5.74) is 0. The van der Waals surface area contributed by atoms with Gasteiger partial charge in [0.15, 0.2) is 6.61 Å². The molecule has 0 spiro atoms. The Bertz CT molecular complexity index is 784. The number of epoxide rings is 1. The van der Waals surface area contributed by atoms with Gasteiger partial charge in [0.2, 0.25) is 0 Å². The third-order valence-electron chi connectivity index (χ3n) is 6.08. The Hall–Kier alpha value is -2.03. The first-order valence-corrected chi connectivity index (χ1v) is 11.6. The number of aliphatic hydroxyl groups is 2.